The predicted octanol–water partition coefficient (Wildman–Crippen LogP) is 0.881. The number of benzene rings is 1. The lowest BCUT2D eigenvalue weighted by molar-refractivity contribution is -0.127. The Bertz CT molecular complexity index is 757. The molecule has 3 amide bonds. The van der Waals surface area contributed by atoms with Gasteiger partial charge in [-0.25, -0.2) is 9.79 Å². The van der Waals surface area contributed by atoms with Crippen molar-refractivity contribution in [2.24, 2.45) is 4.99 Å². The van der Waals surface area contributed by atoms with Crippen LogP contribution in [0.1, 0.15) is 18.4 Å². The molecular weight excluding hydrogens is 346 g/mol. The number of amides is 3. The Morgan fingerprint density at radius 3 is 2.56 bits per heavy atom. The first kappa shape index (κ1) is 17.6. The Morgan fingerprint density at radius 1 is 1.19 bits per heavy atom. The molecule has 0 spiro atoms. The lowest BCUT2D eigenvalue weighted by Crippen LogP contribution is -2.64. The van der Waals surface area contributed by atoms with E-state index in [9.17, 15) is 9.59 Å². The van der Waals surface area contributed by atoms with Crippen LogP contribution in [0.5, 0.6) is 5.75 Å². The van der Waals surface area contributed by atoms with Crippen molar-refractivity contribution in [1.29, 1.82) is 0 Å². The molecule has 3 aliphatic rings. The van der Waals surface area contributed by atoms with Crippen LogP contribution in [0.25, 0.3) is 0 Å². The van der Waals surface area contributed by atoms with Gasteiger partial charge in [-0.15, -0.1) is 0 Å². The minimum Gasteiger partial charge on any atom is -0.497 e. The summed E-state index contributed by atoms with van der Waals surface area (Å²) in [6.45, 7) is 2.55. The van der Waals surface area contributed by atoms with E-state index in [1.807, 2.05) is 24.3 Å². The van der Waals surface area contributed by atoms with Gasteiger partial charge in [0, 0.05) is 26.7 Å². The zero-order chi connectivity index (χ0) is 19.0. The van der Waals surface area contributed by atoms with Gasteiger partial charge in [-0.2, -0.15) is 0 Å². The topological polar surface area (TPSA) is 77.5 Å². The van der Waals surface area contributed by atoms with Crippen molar-refractivity contribution >= 4 is 17.9 Å². The Labute approximate surface area is 158 Å². The van der Waals surface area contributed by atoms with Crippen LogP contribution < -0.4 is 10.1 Å². The molecule has 2 atom stereocenters. The number of methoxy groups -OCH3 is 1. The molecule has 2 saturated heterocycles. The highest BCUT2D eigenvalue weighted by atomic mass is 16.5. The van der Waals surface area contributed by atoms with Gasteiger partial charge in [0.1, 0.15) is 5.75 Å². The minimum absolute atomic E-state index is 0.268. The first-order chi connectivity index (χ1) is 13.1. The molecule has 2 unspecified atom stereocenters. The monoisotopic (exact) mass is 371 g/mol. The normalized spacial score (nSPS) is 24.8. The lowest BCUT2D eigenvalue weighted by atomic mass is 10.1. The minimum atomic E-state index is -0.471. The fourth-order valence-electron chi connectivity index (χ4n) is 3.97. The summed E-state index contributed by atoms with van der Waals surface area (Å²) in [5.41, 5.74) is 1.17. The van der Waals surface area contributed by atoms with Crippen LogP contribution in [0.2, 0.25) is 0 Å². The molecule has 4 rings (SSSR count). The summed E-state index contributed by atoms with van der Waals surface area (Å²) in [5.74, 6) is 1.40. The van der Waals surface area contributed by atoms with Gasteiger partial charge < -0.3 is 19.4 Å². The first-order valence-electron chi connectivity index (χ1n) is 9.38. The average molecular weight is 371 g/mol. The van der Waals surface area contributed by atoms with Gasteiger partial charge in [0.15, 0.2) is 18.2 Å². The molecule has 0 bridgehead atoms. The molecule has 8 heteroatoms. The van der Waals surface area contributed by atoms with Gasteiger partial charge in [-0.3, -0.25) is 10.1 Å². The third kappa shape index (κ3) is 3.20. The summed E-state index contributed by atoms with van der Waals surface area (Å²) in [6, 6.07) is 7.10. The van der Waals surface area contributed by atoms with Gasteiger partial charge in [-0.05, 0) is 37.0 Å². The van der Waals surface area contributed by atoms with Crippen LogP contribution in [0.15, 0.2) is 29.3 Å². The van der Waals surface area contributed by atoms with E-state index in [4.69, 9.17) is 9.73 Å². The highest BCUT2D eigenvalue weighted by Gasteiger charge is 2.49. The molecule has 0 aromatic heterocycles. The summed E-state index contributed by atoms with van der Waals surface area (Å²) in [5, 5.41) is 2.45. The van der Waals surface area contributed by atoms with Crippen molar-refractivity contribution in [3.63, 3.8) is 0 Å². The van der Waals surface area contributed by atoms with Crippen molar-refractivity contribution in [1.82, 2.24) is 20.0 Å². The Kier molecular flexibility index (Phi) is 4.63. The number of likely N-dealkylation sites (tertiary alicyclic amines) is 1. The second kappa shape index (κ2) is 7.09. The summed E-state index contributed by atoms with van der Waals surface area (Å²) < 4.78 is 5.21. The second-order valence-corrected chi connectivity index (χ2v) is 7.18. The van der Waals surface area contributed by atoms with Crippen molar-refractivity contribution in [3.05, 3.63) is 29.8 Å². The molecule has 1 aromatic carbocycles. The molecule has 3 aliphatic heterocycles. The van der Waals surface area contributed by atoms with E-state index in [1.165, 1.54) is 10.5 Å². The summed E-state index contributed by atoms with van der Waals surface area (Å²) in [4.78, 5) is 35.2. The number of guanidine groups is 1. The predicted molar refractivity (Wildman–Crippen MR) is 101 cm³/mol. The van der Waals surface area contributed by atoms with Crippen molar-refractivity contribution in [2.45, 2.75) is 31.5 Å². The maximum atomic E-state index is 12.6. The zero-order valence-electron chi connectivity index (χ0n) is 15.7. The van der Waals surface area contributed by atoms with E-state index in [1.54, 1.807) is 14.2 Å². The fraction of sp³-hybridized carbons (Fsp3) is 0.526. The molecule has 1 aromatic rings. The van der Waals surface area contributed by atoms with Crippen LogP contribution in [-0.2, 0) is 11.2 Å². The first-order valence-corrected chi connectivity index (χ1v) is 9.38. The van der Waals surface area contributed by atoms with E-state index in [0.717, 1.165) is 44.1 Å². The number of imide groups is 1. The van der Waals surface area contributed by atoms with Crippen LogP contribution in [0.4, 0.5) is 4.79 Å². The highest BCUT2D eigenvalue weighted by molar-refractivity contribution is 6.03. The van der Waals surface area contributed by atoms with E-state index in [2.05, 4.69) is 15.1 Å². The SMILES string of the molecule is COc1ccc(CCN2C(N3CCCC3)=NC3C2C(=O)NC(=O)N3C)cc1. The number of aliphatic imine (C=N–C) groups is 1. The number of urea groups is 1. The maximum Gasteiger partial charge on any atom is 0.325 e. The quantitative estimate of drug-likeness (QED) is 0.850. The Hall–Kier alpha value is -2.77. The van der Waals surface area contributed by atoms with E-state index in [-0.39, 0.29) is 11.9 Å². The molecule has 3 heterocycles. The fourth-order valence-corrected chi connectivity index (χ4v) is 3.97. The number of carbonyl (C=O) groups excluding carboxylic acids is 2. The average Bonchev–Trinajstić information content (AvgIpc) is 3.32. The number of nitrogens with one attached hydrogen (secondary N) is 1. The number of ether oxygens (including phenoxy) is 1. The largest absolute Gasteiger partial charge is 0.497 e. The number of fused-ring (bicyclic) bond motifs is 1. The standard InChI is InChI=1S/C19H25N5O3/c1-22-16-15(17(25)21-19(22)26)24(18(20-16)23-10-3-4-11-23)12-9-13-5-7-14(27-2)8-6-13/h5-8,15-16H,3-4,9-12H2,1-2H3,(H,21,25,26). The smallest absolute Gasteiger partial charge is 0.325 e. The molecule has 27 heavy (non-hydrogen) atoms. The molecule has 8 nitrogen and oxygen atoms in total. The van der Waals surface area contributed by atoms with Crippen LogP contribution >= 0.6 is 0 Å². The summed E-state index contributed by atoms with van der Waals surface area (Å²) in [7, 11) is 3.34. The second-order valence-electron chi connectivity index (χ2n) is 7.18. The number of likely N-dealkylation sites (N-methyl/N-ethyl adjacent to an activating group) is 1. The van der Waals surface area contributed by atoms with Gasteiger partial charge in [0.05, 0.1) is 7.11 Å². The molecule has 144 valence electrons. The molecule has 2 fully saturated rings. The van der Waals surface area contributed by atoms with Gasteiger partial charge in [0.25, 0.3) is 5.91 Å². The molecule has 0 aliphatic carbocycles. The van der Waals surface area contributed by atoms with Crippen LogP contribution in [-0.4, -0.2) is 78.6 Å². The number of hydrogen-bond donors (Lipinski definition) is 1. The number of nitrogens with zero attached hydrogens (tertiary/aromatic N) is 4. The Balaban J connectivity index is 1.56. The van der Waals surface area contributed by atoms with E-state index in [0.29, 0.717) is 6.54 Å². The van der Waals surface area contributed by atoms with Gasteiger partial charge >= 0.3 is 6.03 Å². The third-order valence-corrected chi connectivity index (χ3v) is 5.53. The number of hydrogen-bond acceptors (Lipinski definition) is 6. The Morgan fingerprint density at radius 2 is 1.89 bits per heavy atom. The molecule has 0 saturated carbocycles. The van der Waals surface area contributed by atoms with Crippen molar-refractivity contribution < 1.29 is 14.3 Å². The maximum absolute atomic E-state index is 12.6. The van der Waals surface area contributed by atoms with Gasteiger partial charge in [-0.1, -0.05) is 12.1 Å². The van der Waals surface area contributed by atoms with E-state index >= 15 is 0 Å². The summed E-state index contributed by atoms with van der Waals surface area (Å²) in [6.07, 6.45) is 2.58. The number of rotatable bonds is 4. The highest BCUT2D eigenvalue weighted by Crippen LogP contribution is 2.27. The molecule has 1 N–H and O–H groups in total. The zero-order valence-corrected chi connectivity index (χ0v) is 15.7. The van der Waals surface area contributed by atoms with E-state index < -0.39 is 12.2 Å². The molecule has 0 radical (unpaired) electrons. The van der Waals surface area contributed by atoms with Gasteiger partial charge in [0.2, 0.25) is 0 Å². The van der Waals surface area contributed by atoms with Crippen molar-refractivity contribution in [3.8, 4) is 5.75 Å². The molecular formula is C19H25N5O3. The van der Waals surface area contributed by atoms with Crippen LogP contribution in [0, 0.1) is 0 Å². The lowest BCUT2D eigenvalue weighted by Gasteiger charge is -2.37. The third-order valence-electron chi connectivity index (χ3n) is 5.53. The number of carbonyl (C=O) groups is 2. The van der Waals surface area contributed by atoms with Crippen molar-refractivity contribution in [2.75, 3.05) is 33.8 Å². The van der Waals surface area contributed by atoms with Crippen LogP contribution in [0.3, 0.4) is 0 Å². The summed E-state index contributed by atoms with van der Waals surface area (Å²) >= 11 is 0.